The van der Waals surface area contributed by atoms with Crippen molar-refractivity contribution in [3.8, 4) is 0 Å². The van der Waals surface area contributed by atoms with Crippen LogP contribution in [0.15, 0.2) is 132 Å². The van der Waals surface area contributed by atoms with Crippen LogP contribution < -0.4 is 4.90 Å². The number of Topliss-reactive ketones (excluding diaryl/α,β-unsaturated/α-hetero) is 1. The Kier molecular flexibility index (Phi) is 15.0. The first-order valence-corrected chi connectivity index (χ1v) is 27.0. The summed E-state index contributed by atoms with van der Waals surface area (Å²) in [6.45, 7) is 19.5. The molecule has 0 aliphatic carbocycles. The monoisotopic (exact) mass is 955 g/mol. The van der Waals surface area contributed by atoms with E-state index >= 15 is 0 Å². The largest absolute Gasteiger partial charge is 0.344 e. The lowest BCUT2D eigenvalue weighted by atomic mass is 9.78. The number of fused-ring (bicyclic) bond motifs is 6. The van der Waals surface area contributed by atoms with Gasteiger partial charge in [0.25, 0.3) is 20.2 Å². The van der Waals surface area contributed by atoms with Gasteiger partial charge < -0.3 is 4.90 Å². The van der Waals surface area contributed by atoms with Crippen LogP contribution in [0.5, 0.6) is 0 Å². The Hall–Kier alpha value is -5.46. The molecule has 5 aromatic carbocycles. The molecule has 2 aliphatic heterocycles. The fourth-order valence-electron chi connectivity index (χ4n) is 10.4. The van der Waals surface area contributed by atoms with Crippen LogP contribution in [-0.2, 0) is 42.3 Å². The molecule has 2 heterocycles. The molecule has 0 saturated carbocycles. The fraction of sp³-hybridized carbons (Fsp3) is 0.368. The van der Waals surface area contributed by atoms with Gasteiger partial charge in [-0.1, -0.05) is 107 Å². The lowest BCUT2D eigenvalue weighted by Crippen LogP contribution is -2.28. The highest BCUT2D eigenvalue weighted by Gasteiger charge is 2.46. The number of hydrogen-bond acceptors (Lipinski definition) is 6. The first kappa shape index (κ1) is 50.4. The zero-order chi connectivity index (χ0) is 49.2. The van der Waals surface area contributed by atoms with Crippen molar-refractivity contribution in [2.24, 2.45) is 0 Å². The summed E-state index contributed by atoms with van der Waals surface area (Å²) in [6, 6.07) is 28.7. The molecule has 0 unspecified atom stereocenters. The topological polar surface area (TPSA) is 132 Å². The second-order valence-electron chi connectivity index (χ2n) is 19.7. The molecular weight excluding hydrogens is 889 g/mol. The van der Waals surface area contributed by atoms with Gasteiger partial charge in [0.2, 0.25) is 5.69 Å². The summed E-state index contributed by atoms with van der Waals surface area (Å²) in [5, 5.41) is 3.99. The normalized spacial score (nSPS) is 16.4. The van der Waals surface area contributed by atoms with Crippen molar-refractivity contribution >= 4 is 70.2 Å². The van der Waals surface area contributed by atoms with Crippen molar-refractivity contribution < 1.29 is 35.3 Å². The lowest BCUT2D eigenvalue weighted by molar-refractivity contribution is -0.437. The zero-order valence-corrected chi connectivity index (χ0v) is 42.4. The molecule has 358 valence electrons. The third-order valence-electron chi connectivity index (χ3n) is 13.9. The van der Waals surface area contributed by atoms with E-state index in [-0.39, 0.29) is 29.1 Å². The van der Waals surface area contributed by atoms with E-state index in [1.165, 1.54) is 45.4 Å². The van der Waals surface area contributed by atoms with Crippen molar-refractivity contribution in [1.82, 2.24) is 0 Å². The predicted octanol–water partition coefficient (Wildman–Crippen LogP) is 13.0. The molecule has 11 heteroatoms. The summed E-state index contributed by atoms with van der Waals surface area (Å²) < 4.78 is 71.1. The molecule has 7 rings (SSSR count). The van der Waals surface area contributed by atoms with Crippen LogP contribution in [0.3, 0.4) is 0 Å². The Morgan fingerprint density at radius 2 is 1.51 bits per heavy atom. The summed E-state index contributed by atoms with van der Waals surface area (Å²) in [7, 11) is -8.75. The molecule has 0 radical (unpaired) electrons. The second kappa shape index (κ2) is 20.2. The lowest BCUT2D eigenvalue weighted by Gasteiger charge is -2.27. The van der Waals surface area contributed by atoms with Gasteiger partial charge in [-0.3, -0.25) is 13.9 Å². The SMILES string of the molecule is C=C(C)C(=O)CCCCCCc1ccc(C(C=CC2=[N+](CCCS(=O)(=O)O)c3ccc4c(C)cc(S(=O)(=O)O)cc4c3C2(C)C)=CC=C2N(CCCC)c3ccc4ccccc4c3C2(C)C)cc1. The van der Waals surface area contributed by atoms with Crippen molar-refractivity contribution in [2.45, 2.75) is 122 Å². The maximum absolute atomic E-state index is 12.5. The van der Waals surface area contributed by atoms with Crippen LogP contribution in [0.4, 0.5) is 11.4 Å². The van der Waals surface area contributed by atoms with E-state index in [0.29, 0.717) is 22.9 Å². The van der Waals surface area contributed by atoms with E-state index in [1.807, 2.05) is 19.1 Å². The summed E-state index contributed by atoms with van der Waals surface area (Å²) in [6.07, 6.45) is 16.3. The number of rotatable bonds is 20. The number of aryl methyl sites for hydroxylation is 2. The summed E-state index contributed by atoms with van der Waals surface area (Å²) >= 11 is 0. The number of benzene rings is 5. The molecule has 0 spiro atoms. The molecule has 0 atom stereocenters. The van der Waals surface area contributed by atoms with Gasteiger partial charge in [0, 0.05) is 53.9 Å². The van der Waals surface area contributed by atoms with Crippen molar-refractivity contribution in [3.63, 3.8) is 0 Å². The molecule has 0 bridgehead atoms. The highest BCUT2D eigenvalue weighted by molar-refractivity contribution is 7.86. The van der Waals surface area contributed by atoms with E-state index in [9.17, 15) is 30.7 Å². The molecule has 0 saturated heterocycles. The van der Waals surface area contributed by atoms with E-state index in [1.54, 1.807) is 6.92 Å². The van der Waals surface area contributed by atoms with Crippen LogP contribution >= 0.6 is 0 Å². The number of carbonyl (C=O) groups is 1. The van der Waals surface area contributed by atoms with Gasteiger partial charge in [0.15, 0.2) is 11.5 Å². The average Bonchev–Trinajstić information content (AvgIpc) is 3.64. The number of anilines is 1. The fourth-order valence-corrected chi connectivity index (χ4v) is 11.5. The number of allylic oxidation sites excluding steroid dienone is 7. The Bertz CT molecular complexity index is 3140. The molecule has 68 heavy (non-hydrogen) atoms. The average molecular weight is 956 g/mol. The number of ketones is 1. The van der Waals surface area contributed by atoms with E-state index in [0.717, 1.165) is 85.0 Å². The quantitative estimate of drug-likeness (QED) is 0.0259. The van der Waals surface area contributed by atoms with Crippen LogP contribution in [0.25, 0.3) is 27.1 Å². The molecule has 2 N–H and O–H groups in total. The Morgan fingerprint density at radius 3 is 2.21 bits per heavy atom. The van der Waals surface area contributed by atoms with E-state index < -0.39 is 31.4 Å². The second-order valence-corrected chi connectivity index (χ2v) is 22.7. The van der Waals surface area contributed by atoms with Crippen molar-refractivity contribution in [3.05, 3.63) is 155 Å². The molecule has 0 aromatic heterocycles. The third kappa shape index (κ3) is 10.7. The van der Waals surface area contributed by atoms with Crippen LogP contribution in [0.1, 0.15) is 121 Å². The Morgan fingerprint density at radius 1 is 0.794 bits per heavy atom. The van der Waals surface area contributed by atoms with Crippen LogP contribution in [0, 0.1) is 6.92 Å². The molecular formula is C57H67N2O7S2+. The summed E-state index contributed by atoms with van der Waals surface area (Å²) in [5.41, 5.74) is 9.78. The van der Waals surface area contributed by atoms with Gasteiger partial charge in [-0.2, -0.15) is 21.4 Å². The summed E-state index contributed by atoms with van der Waals surface area (Å²) in [5.74, 6) is -0.281. The summed E-state index contributed by atoms with van der Waals surface area (Å²) in [4.78, 5) is 14.3. The number of nitrogens with zero attached hydrogens (tertiary/aromatic N) is 2. The van der Waals surface area contributed by atoms with E-state index in [2.05, 4.69) is 136 Å². The van der Waals surface area contributed by atoms with Crippen LogP contribution in [0.2, 0.25) is 0 Å². The molecule has 9 nitrogen and oxygen atoms in total. The maximum atomic E-state index is 12.5. The smallest absolute Gasteiger partial charge is 0.294 e. The van der Waals surface area contributed by atoms with Crippen molar-refractivity contribution in [2.75, 3.05) is 23.7 Å². The highest BCUT2D eigenvalue weighted by Crippen LogP contribution is 2.51. The van der Waals surface area contributed by atoms with Gasteiger partial charge in [0.1, 0.15) is 6.54 Å². The Balaban J connectivity index is 1.33. The standard InChI is InChI=1S/C57H66N2O7S2/c1-9-10-34-58-49-30-26-44-19-15-16-20-47(44)54(49)56(5,6)52(58)32-27-43(42-24-22-41(23-25-42)18-13-11-12-14-21-51(60)39(2)3)28-33-53-57(7,8)55-48-38-45(68(64,65)66)37-40(4)46(48)29-31-50(55)59(53)35-17-36-67(61,62)63/h15-16,19-20,22-33,37-38H,2,9-14,17-18,21,34-36H2,1,3-8H3,(H-,61,62,63,64,65,66)/p+1. The first-order valence-electron chi connectivity index (χ1n) is 24.0. The van der Waals surface area contributed by atoms with Gasteiger partial charge in [-0.15, -0.1) is 0 Å². The van der Waals surface area contributed by atoms with Gasteiger partial charge >= 0.3 is 0 Å². The molecule has 5 aromatic rings. The van der Waals surface area contributed by atoms with Gasteiger partial charge in [0.05, 0.1) is 16.1 Å². The van der Waals surface area contributed by atoms with Gasteiger partial charge in [-0.05, 0) is 145 Å². The highest BCUT2D eigenvalue weighted by atomic mass is 32.2. The minimum absolute atomic E-state index is 0.138. The van der Waals surface area contributed by atoms with Crippen molar-refractivity contribution in [1.29, 1.82) is 0 Å². The molecule has 0 amide bonds. The zero-order valence-electron chi connectivity index (χ0n) is 40.7. The molecule has 0 fully saturated rings. The number of carbonyl (C=O) groups excluding carboxylic acids is 1. The molecule has 2 aliphatic rings. The first-order chi connectivity index (χ1) is 32.1. The Labute approximate surface area is 404 Å². The minimum atomic E-state index is -4.52. The predicted molar refractivity (Wildman–Crippen MR) is 280 cm³/mol. The number of unbranched alkanes of at least 4 members (excludes halogenated alkanes) is 4. The minimum Gasteiger partial charge on any atom is -0.344 e. The van der Waals surface area contributed by atoms with E-state index in [4.69, 9.17) is 0 Å². The third-order valence-corrected chi connectivity index (χ3v) is 15.6. The van der Waals surface area contributed by atoms with Gasteiger partial charge in [-0.25, -0.2) is 0 Å². The maximum Gasteiger partial charge on any atom is 0.294 e. The number of hydrogen-bond donors (Lipinski definition) is 2. The van der Waals surface area contributed by atoms with Crippen LogP contribution in [-0.4, -0.2) is 60.9 Å².